The summed E-state index contributed by atoms with van der Waals surface area (Å²) in [7, 11) is 0. The molecule has 100 valence electrons. The van der Waals surface area contributed by atoms with Gasteiger partial charge in [-0.3, -0.25) is 9.59 Å². The van der Waals surface area contributed by atoms with E-state index in [9.17, 15) is 14.7 Å². The van der Waals surface area contributed by atoms with Crippen molar-refractivity contribution in [2.24, 2.45) is 5.10 Å². The minimum atomic E-state index is -0.738. The number of phenols is 1. The summed E-state index contributed by atoms with van der Waals surface area (Å²) in [5.41, 5.74) is 2.82. The number of aromatic hydroxyl groups is 1. The Bertz CT molecular complexity index is 508. The molecule has 1 aliphatic rings. The molecule has 0 spiro atoms. The lowest BCUT2D eigenvalue weighted by atomic mass is 10.2. The maximum absolute atomic E-state index is 11.6. The summed E-state index contributed by atoms with van der Waals surface area (Å²) in [4.78, 5) is 24.7. The van der Waals surface area contributed by atoms with Gasteiger partial charge in [-0.1, -0.05) is 12.1 Å². The van der Waals surface area contributed by atoms with Crippen LogP contribution >= 0.6 is 0 Å². The summed E-state index contributed by atoms with van der Waals surface area (Å²) in [6, 6.07) is 6.41. The van der Waals surface area contributed by atoms with E-state index in [2.05, 4.69) is 10.5 Å². The maximum Gasteiger partial charge on any atom is 0.329 e. The Balaban J connectivity index is 1.87. The lowest BCUT2D eigenvalue weighted by Crippen LogP contribution is -2.39. The highest BCUT2D eigenvalue weighted by molar-refractivity contribution is 6.35. The summed E-state index contributed by atoms with van der Waals surface area (Å²) >= 11 is 0. The van der Waals surface area contributed by atoms with Crippen LogP contribution in [0.1, 0.15) is 18.4 Å². The van der Waals surface area contributed by atoms with Crippen LogP contribution in [0, 0.1) is 0 Å². The van der Waals surface area contributed by atoms with Crippen LogP contribution < -0.4 is 5.43 Å². The second-order valence-corrected chi connectivity index (χ2v) is 4.29. The molecular weight excluding hydrogens is 246 g/mol. The zero-order valence-corrected chi connectivity index (χ0v) is 10.4. The number of hydrogen-bond acceptors (Lipinski definition) is 4. The Morgan fingerprint density at radius 1 is 1.32 bits per heavy atom. The van der Waals surface area contributed by atoms with Crippen molar-refractivity contribution < 1.29 is 14.7 Å². The van der Waals surface area contributed by atoms with Gasteiger partial charge in [-0.25, -0.2) is 5.43 Å². The first-order chi connectivity index (χ1) is 9.16. The molecule has 2 N–H and O–H groups in total. The zero-order chi connectivity index (χ0) is 13.7. The normalized spacial score (nSPS) is 14.8. The maximum atomic E-state index is 11.6. The van der Waals surface area contributed by atoms with Crippen molar-refractivity contribution in [3.8, 4) is 5.75 Å². The Morgan fingerprint density at radius 2 is 2.05 bits per heavy atom. The Morgan fingerprint density at radius 3 is 2.74 bits per heavy atom. The Hall–Kier alpha value is -2.37. The van der Waals surface area contributed by atoms with Gasteiger partial charge < -0.3 is 10.0 Å². The van der Waals surface area contributed by atoms with E-state index < -0.39 is 11.8 Å². The monoisotopic (exact) mass is 261 g/mol. The quantitative estimate of drug-likeness (QED) is 0.461. The first-order valence-corrected chi connectivity index (χ1v) is 6.08. The number of phenolic OH excluding ortho intramolecular Hbond substituents is 1. The van der Waals surface area contributed by atoms with Crippen molar-refractivity contribution in [2.45, 2.75) is 12.8 Å². The average Bonchev–Trinajstić information content (AvgIpc) is 2.91. The molecule has 2 rings (SSSR count). The van der Waals surface area contributed by atoms with E-state index >= 15 is 0 Å². The van der Waals surface area contributed by atoms with E-state index in [1.54, 1.807) is 12.1 Å². The van der Waals surface area contributed by atoms with Gasteiger partial charge in [0.05, 0.1) is 6.21 Å². The number of hydrazone groups is 1. The molecular formula is C13H15N3O3. The molecule has 1 aromatic carbocycles. The molecule has 1 aliphatic heterocycles. The molecule has 0 saturated carbocycles. The lowest BCUT2D eigenvalue weighted by molar-refractivity contribution is -0.145. The second-order valence-electron chi connectivity index (χ2n) is 4.29. The number of carbonyl (C=O) groups excluding carboxylic acids is 2. The first-order valence-electron chi connectivity index (χ1n) is 6.08. The number of nitrogens with one attached hydrogen (secondary N) is 1. The predicted octanol–water partition coefficient (Wildman–Crippen LogP) is 0.465. The van der Waals surface area contributed by atoms with Crippen molar-refractivity contribution in [1.82, 2.24) is 10.3 Å². The van der Waals surface area contributed by atoms with E-state index in [1.807, 2.05) is 0 Å². The predicted molar refractivity (Wildman–Crippen MR) is 69.7 cm³/mol. The standard InChI is InChI=1S/C13H15N3O3/c17-11-5-3-4-10(8-11)9-14-15-12(18)13(19)16-6-1-2-7-16/h3-5,8-9,17H,1-2,6-7H2,(H,15,18)/b14-9-. The topological polar surface area (TPSA) is 82.0 Å². The highest BCUT2D eigenvalue weighted by Gasteiger charge is 2.23. The van der Waals surface area contributed by atoms with Gasteiger partial charge in [0.15, 0.2) is 0 Å². The molecule has 2 amide bonds. The van der Waals surface area contributed by atoms with Crippen LogP contribution in [0.15, 0.2) is 29.4 Å². The molecule has 1 fully saturated rings. The van der Waals surface area contributed by atoms with Gasteiger partial charge in [0.2, 0.25) is 0 Å². The van der Waals surface area contributed by atoms with Crippen LogP contribution in [-0.4, -0.2) is 41.1 Å². The van der Waals surface area contributed by atoms with Crippen LogP contribution in [0.3, 0.4) is 0 Å². The molecule has 1 saturated heterocycles. The molecule has 6 heteroatoms. The average molecular weight is 261 g/mol. The number of benzene rings is 1. The number of likely N-dealkylation sites (tertiary alicyclic amines) is 1. The van der Waals surface area contributed by atoms with Crippen LogP contribution in [0.4, 0.5) is 0 Å². The summed E-state index contributed by atoms with van der Waals surface area (Å²) in [6.07, 6.45) is 3.24. The molecule has 1 heterocycles. The number of nitrogens with zero attached hydrogens (tertiary/aromatic N) is 2. The molecule has 19 heavy (non-hydrogen) atoms. The number of carbonyl (C=O) groups is 2. The van der Waals surface area contributed by atoms with Gasteiger partial charge in [-0.15, -0.1) is 0 Å². The molecule has 1 aromatic rings. The van der Waals surface area contributed by atoms with Crippen LogP contribution in [0.25, 0.3) is 0 Å². The highest BCUT2D eigenvalue weighted by atomic mass is 16.3. The summed E-state index contributed by atoms with van der Waals surface area (Å²) in [5, 5.41) is 12.9. The first kappa shape index (κ1) is 13.1. The minimum Gasteiger partial charge on any atom is -0.508 e. The van der Waals surface area contributed by atoms with Crippen LogP contribution in [-0.2, 0) is 9.59 Å². The number of hydrogen-bond donors (Lipinski definition) is 2. The largest absolute Gasteiger partial charge is 0.508 e. The third kappa shape index (κ3) is 3.54. The number of rotatable bonds is 2. The number of amides is 2. The van der Waals surface area contributed by atoms with Gasteiger partial charge in [0, 0.05) is 13.1 Å². The van der Waals surface area contributed by atoms with Gasteiger partial charge in [-0.2, -0.15) is 5.10 Å². The van der Waals surface area contributed by atoms with Crippen LogP contribution in [0.5, 0.6) is 5.75 Å². The second kappa shape index (κ2) is 5.99. The summed E-state index contributed by atoms with van der Waals surface area (Å²) < 4.78 is 0. The van der Waals surface area contributed by atoms with E-state index in [4.69, 9.17) is 0 Å². The van der Waals surface area contributed by atoms with Crippen molar-refractivity contribution in [1.29, 1.82) is 0 Å². The van der Waals surface area contributed by atoms with Gasteiger partial charge >= 0.3 is 11.8 Å². The summed E-state index contributed by atoms with van der Waals surface area (Å²) in [5.74, 6) is -1.17. The molecule has 0 aromatic heterocycles. The third-order valence-corrected chi connectivity index (χ3v) is 2.84. The third-order valence-electron chi connectivity index (χ3n) is 2.84. The fourth-order valence-corrected chi connectivity index (χ4v) is 1.88. The summed E-state index contributed by atoms with van der Waals surface area (Å²) in [6.45, 7) is 1.26. The Kier molecular flexibility index (Phi) is 4.12. The SMILES string of the molecule is O=C(N/N=C\c1cccc(O)c1)C(=O)N1CCCC1. The molecule has 6 nitrogen and oxygen atoms in total. The fourth-order valence-electron chi connectivity index (χ4n) is 1.88. The fraction of sp³-hybridized carbons (Fsp3) is 0.308. The Labute approximate surface area is 110 Å². The minimum absolute atomic E-state index is 0.114. The van der Waals surface area contributed by atoms with Gasteiger partial charge in [-0.05, 0) is 30.5 Å². The van der Waals surface area contributed by atoms with E-state index in [0.717, 1.165) is 12.8 Å². The smallest absolute Gasteiger partial charge is 0.329 e. The van der Waals surface area contributed by atoms with Gasteiger partial charge in [0.25, 0.3) is 0 Å². The molecule has 0 bridgehead atoms. The van der Waals surface area contributed by atoms with Crippen molar-refractivity contribution in [3.05, 3.63) is 29.8 Å². The lowest BCUT2D eigenvalue weighted by Gasteiger charge is -2.12. The molecule has 0 radical (unpaired) electrons. The molecule has 0 atom stereocenters. The van der Waals surface area contributed by atoms with E-state index in [1.165, 1.54) is 23.2 Å². The van der Waals surface area contributed by atoms with Crippen molar-refractivity contribution >= 4 is 18.0 Å². The van der Waals surface area contributed by atoms with Gasteiger partial charge in [0.1, 0.15) is 5.75 Å². The van der Waals surface area contributed by atoms with Crippen LogP contribution in [0.2, 0.25) is 0 Å². The van der Waals surface area contributed by atoms with Crippen molar-refractivity contribution in [2.75, 3.05) is 13.1 Å². The van der Waals surface area contributed by atoms with E-state index in [0.29, 0.717) is 18.7 Å². The zero-order valence-electron chi connectivity index (χ0n) is 10.4. The van der Waals surface area contributed by atoms with Crippen molar-refractivity contribution in [3.63, 3.8) is 0 Å². The van der Waals surface area contributed by atoms with E-state index in [-0.39, 0.29) is 5.75 Å². The highest BCUT2D eigenvalue weighted by Crippen LogP contribution is 2.09. The molecule has 0 unspecified atom stereocenters. The molecule has 0 aliphatic carbocycles.